The maximum Gasteiger partial charge on any atom is 0.0682 e. The van der Waals surface area contributed by atoms with Gasteiger partial charge in [-0.25, -0.2) is 0 Å². The molecule has 0 aliphatic rings. The van der Waals surface area contributed by atoms with Gasteiger partial charge in [-0.3, -0.25) is 0 Å². The highest BCUT2D eigenvalue weighted by molar-refractivity contribution is 9.09. The molecule has 0 aliphatic carbocycles. The van der Waals surface area contributed by atoms with Crippen molar-refractivity contribution in [3.05, 3.63) is 0 Å². The van der Waals surface area contributed by atoms with Crippen molar-refractivity contribution >= 4 is 27.5 Å². The molecule has 0 saturated heterocycles. The molecular formula is C7H14BrClO. The molecule has 0 spiro atoms. The van der Waals surface area contributed by atoms with Crippen molar-refractivity contribution in [2.24, 2.45) is 0 Å². The fourth-order valence-electron chi connectivity index (χ4n) is 0.526. The molecule has 0 saturated carbocycles. The molecule has 0 bridgehead atoms. The highest BCUT2D eigenvalue weighted by Crippen LogP contribution is 1.98. The van der Waals surface area contributed by atoms with Crippen molar-refractivity contribution in [1.29, 1.82) is 0 Å². The van der Waals surface area contributed by atoms with Gasteiger partial charge in [-0.15, -0.1) is 11.6 Å². The van der Waals surface area contributed by atoms with Gasteiger partial charge in [0.25, 0.3) is 0 Å². The van der Waals surface area contributed by atoms with E-state index in [0.717, 1.165) is 18.4 Å². The Morgan fingerprint density at radius 2 is 2.20 bits per heavy atom. The van der Waals surface area contributed by atoms with Crippen LogP contribution in [0.15, 0.2) is 0 Å². The first kappa shape index (κ1) is 10.7. The van der Waals surface area contributed by atoms with Crippen LogP contribution < -0.4 is 0 Å². The van der Waals surface area contributed by atoms with Crippen molar-refractivity contribution in [1.82, 2.24) is 0 Å². The maximum atomic E-state index is 5.53. The predicted octanol–water partition coefficient (Wildman–Crippen LogP) is 2.81. The summed E-state index contributed by atoms with van der Waals surface area (Å²) in [6.07, 6.45) is 2.50. The van der Waals surface area contributed by atoms with E-state index in [2.05, 4.69) is 15.9 Å². The summed E-state index contributed by atoms with van der Waals surface area (Å²) in [7, 11) is 0. The van der Waals surface area contributed by atoms with Gasteiger partial charge in [0, 0.05) is 17.8 Å². The quantitative estimate of drug-likeness (QED) is 0.503. The standard InChI is InChI=1S/C7H14BrClO/c1-7(6-9)10-5-3-2-4-8/h7H,2-6H2,1H3. The van der Waals surface area contributed by atoms with Crippen molar-refractivity contribution in [3.63, 3.8) is 0 Å². The molecule has 62 valence electrons. The number of ether oxygens (including phenoxy) is 1. The van der Waals surface area contributed by atoms with Gasteiger partial charge >= 0.3 is 0 Å². The van der Waals surface area contributed by atoms with E-state index in [-0.39, 0.29) is 6.10 Å². The van der Waals surface area contributed by atoms with Gasteiger partial charge in [0.2, 0.25) is 0 Å². The van der Waals surface area contributed by atoms with Gasteiger partial charge in [-0.1, -0.05) is 15.9 Å². The van der Waals surface area contributed by atoms with Crippen LogP contribution in [0.5, 0.6) is 0 Å². The zero-order chi connectivity index (χ0) is 7.82. The molecule has 0 radical (unpaired) electrons. The number of hydrogen-bond donors (Lipinski definition) is 0. The van der Waals surface area contributed by atoms with Crippen molar-refractivity contribution in [2.75, 3.05) is 17.8 Å². The van der Waals surface area contributed by atoms with Crippen LogP contribution in [0, 0.1) is 0 Å². The normalized spacial score (nSPS) is 13.5. The fraction of sp³-hybridized carbons (Fsp3) is 1.00. The van der Waals surface area contributed by atoms with Crippen molar-refractivity contribution in [2.45, 2.75) is 25.9 Å². The average Bonchev–Trinajstić information content (AvgIpc) is 1.98. The van der Waals surface area contributed by atoms with Gasteiger partial charge in [-0.05, 0) is 19.8 Å². The SMILES string of the molecule is CC(CCl)OCCCCBr. The predicted molar refractivity (Wildman–Crippen MR) is 49.2 cm³/mol. The minimum absolute atomic E-state index is 0.206. The highest BCUT2D eigenvalue weighted by atomic mass is 79.9. The number of unbranched alkanes of at least 4 members (excludes halogenated alkanes) is 1. The Morgan fingerprint density at radius 1 is 1.50 bits per heavy atom. The van der Waals surface area contributed by atoms with Gasteiger partial charge in [-0.2, -0.15) is 0 Å². The van der Waals surface area contributed by atoms with Crippen LogP contribution in [-0.2, 0) is 4.74 Å². The van der Waals surface area contributed by atoms with E-state index in [4.69, 9.17) is 16.3 Å². The largest absolute Gasteiger partial charge is 0.377 e. The van der Waals surface area contributed by atoms with Crippen LogP contribution in [0.4, 0.5) is 0 Å². The van der Waals surface area contributed by atoms with Gasteiger partial charge in [0.05, 0.1) is 6.10 Å². The van der Waals surface area contributed by atoms with Gasteiger partial charge < -0.3 is 4.74 Å². The van der Waals surface area contributed by atoms with E-state index < -0.39 is 0 Å². The third-order valence-corrected chi connectivity index (χ3v) is 2.14. The summed E-state index contributed by atoms with van der Waals surface area (Å²) in [4.78, 5) is 0. The lowest BCUT2D eigenvalue weighted by Gasteiger charge is -2.07. The number of rotatable bonds is 6. The van der Waals surface area contributed by atoms with Crippen LogP contribution in [0.3, 0.4) is 0 Å². The van der Waals surface area contributed by atoms with E-state index >= 15 is 0 Å². The van der Waals surface area contributed by atoms with Gasteiger partial charge in [0.1, 0.15) is 0 Å². The smallest absolute Gasteiger partial charge is 0.0682 e. The monoisotopic (exact) mass is 228 g/mol. The zero-order valence-corrected chi connectivity index (χ0v) is 8.62. The third kappa shape index (κ3) is 6.84. The summed E-state index contributed by atoms with van der Waals surface area (Å²) < 4.78 is 5.34. The highest BCUT2D eigenvalue weighted by Gasteiger charge is 1.97. The lowest BCUT2D eigenvalue weighted by molar-refractivity contribution is 0.0791. The van der Waals surface area contributed by atoms with E-state index in [1.807, 2.05) is 6.92 Å². The average molecular weight is 230 g/mol. The Morgan fingerprint density at radius 3 is 2.70 bits per heavy atom. The Kier molecular flexibility index (Phi) is 8.40. The number of hydrogen-bond acceptors (Lipinski definition) is 1. The fourth-order valence-corrected chi connectivity index (χ4v) is 1.01. The lowest BCUT2D eigenvalue weighted by atomic mass is 10.3. The molecule has 0 aromatic carbocycles. The van der Waals surface area contributed by atoms with E-state index in [1.54, 1.807) is 0 Å². The lowest BCUT2D eigenvalue weighted by Crippen LogP contribution is -2.10. The van der Waals surface area contributed by atoms with Crippen LogP contribution in [0.2, 0.25) is 0 Å². The maximum absolute atomic E-state index is 5.53. The first-order valence-electron chi connectivity index (χ1n) is 3.54. The third-order valence-electron chi connectivity index (χ3n) is 1.15. The van der Waals surface area contributed by atoms with Crippen LogP contribution in [-0.4, -0.2) is 23.9 Å². The second kappa shape index (κ2) is 7.83. The van der Waals surface area contributed by atoms with Gasteiger partial charge in [0.15, 0.2) is 0 Å². The second-order valence-corrected chi connectivity index (χ2v) is 3.33. The Labute approximate surface area is 76.2 Å². The molecule has 1 atom stereocenters. The summed E-state index contributed by atoms with van der Waals surface area (Å²) in [5, 5.41) is 1.06. The number of halogens is 2. The first-order valence-corrected chi connectivity index (χ1v) is 5.20. The van der Waals surface area contributed by atoms with Crippen LogP contribution >= 0.6 is 27.5 Å². The summed E-state index contributed by atoms with van der Waals surface area (Å²) in [6, 6.07) is 0. The summed E-state index contributed by atoms with van der Waals surface area (Å²) in [5.74, 6) is 0.592. The van der Waals surface area contributed by atoms with Crippen molar-refractivity contribution < 1.29 is 4.74 Å². The molecule has 10 heavy (non-hydrogen) atoms. The van der Waals surface area contributed by atoms with E-state index in [9.17, 15) is 0 Å². The van der Waals surface area contributed by atoms with Crippen LogP contribution in [0.1, 0.15) is 19.8 Å². The Hall–Kier alpha value is 0.730. The number of alkyl halides is 2. The molecular weight excluding hydrogens is 215 g/mol. The second-order valence-electron chi connectivity index (χ2n) is 2.23. The molecule has 1 unspecified atom stereocenters. The first-order chi connectivity index (χ1) is 4.81. The summed E-state index contributed by atoms with van der Waals surface area (Å²) in [6.45, 7) is 2.82. The molecule has 0 fully saturated rings. The van der Waals surface area contributed by atoms with Crippen LogP contribution in [0.25, 0.3) is 0 Å². The van der Waals surface area contributed by atoms with Crippen molar-refractivity contribution in [3.8, 4) is 0 Å². The summed E-state index contributed by atoms with van der Waals surface area (Å²) in [5.41, 5.74) is 0. The topological polar surface area (TPSA) is 9.23 Å². The Balaban J connectivity index is 2.89. The molecule has 0 heterocycles. The minimum atomic E-state index is 0.206. The molecule has 0 aliphatic heterocycles. The molecule has 0 N–H and O–H groups in total. The minimum Gasteiger partial charge on any atom is -0.377 e. The zero-order valence-electron chi connectivity index (χ0n) is 6.28. The molecule has 0 aromatic heterocycles. The molecule has 3 heteroatoms. The molecule has 0 aromatic rings. The van der Waals surface area contributed by atoms with E-state index in [0.29, 0.717) is 5.88 Å². The van der Waals surface area contributed by atoms with E-state index in [1.165, 1.54) is 6.42 Å². The molecule has 0 rings (SSSR count). The summed E-state index contributed by atoms with van der Waals surface area (Å²) >= 11 is 8.88. The molecule has 1 nitrogen and oxygen atoms in total. The Bertz CT molecular complexity index is 70.6. The molecule has 0 amide bonds.